The van der Waals surface area contributed by atoms with E-state index in [1.807, 2.05) is 13.8 Å². The van der Waals surface area contributed by atoms with Gasteiger partial charge >= 0.3 is 0 Å². The Kier molecular flexibility index (Phi) is 3.26. The Balaban J connectivity index is 2.59. The predicted octanol–water partition coefficient (Wildman–Crippen LogP) is 2.83. The molecule has 0 bridgehead atoms. The number of hydrogen-bond acceptors (Lipinski definition) is 2. The van der Waals surface area contributed by atoms with Gasteiger partial charge in [-0.2, -0.15) is 0 Å². The first-order valence-electron chi connectivity index (χ1n) is 4.09. The van der Waals surface area contributed by atoms with Crippen molar-refractivity contribution in [1.29, 1.82) is 0 Å². The van der Waals surface area contributed by atoms with Gasteiger partial charge in [-0.25, -0.2) is 0 Å². The monoisotopic (exact) mass is 176 g/mol. The normalized spacial score (nSPS) is 10.3. The van der Waals surface area contributed by atoms with Crippen molar-refractivity contribution in [2.75, 3.05) is 0 Å². The van der Waals surface area contributed by atoms with E-state index < -0.39 is 0 Å². The van der Waals surface area contributed by atoms with Crippen LogP contribution in [0.25, 0.3) is 6.08 Å². The number of carbonyl (C=O) groups excluding carboxylic acids is 1. The van der Waals surface area contributed by atoms with Gasteiger partial charge in [0.2, 0.25) is 0 Å². The Morgan fingerprint density at radius 2 is 2.23 bits per heavy atom. The van der Waals surface area contributed by atoms with E-state index in [4.69, 9.17) is 4.42 Å². The number of hydrogen-bond donors (Lipinski definition) is 0. The van der Waals surface area contributed by atoms with Crippen LogP contribution in [-0.2, 0) is 4.79 Å². The van der Waals surface area contributed by atoms with Crippen molar-refractivity contribution in [3.63, 3.8) is 0 Å². The number of furan rings is 1. The largest absolute Gasteiger partial charge is 0.465 e. The molecule has 0 fully saturated rings. The van der Waals surface area contributed by atoms with Crippen molar-refractivity contribution in [2.45, 2.75) is 13.8 Å². The lowest BCUT2D eigenvalue weighted by molar-refractivity contribution is -0.110. The molecule has 68 valence electrons. The van der Waals surface area contributed by atoms with Crippen LogP contribution >= 0.6 is 0 Å². The summed E-state index contributed by atoms with van der Waals surface area (Å²) in [4.78, 5) is 11.1. The summed E-state index contributed by atoms with van der Waals surface area (Å²) in [5.74, 6) is 0.673. The molecule has 2 heteroatoms. The molecule has 0 atom stereocenters. The molecule has 0 saturated carbocycles. The summed E-state index contributed by atoms with van der Waals surface area (Å²) < 4.78 is 5.03. The zero-order valence-corrected chi connectivity index (χ0v) is 7.78. The maximum absolute atomic E-state index is 11.1. The highest BCUT2D eigenvalue weighted by Gasteiger charge is 1.91. The second-order valence-electron chi connectivity index (χ2n) is 2.97. The third-order valence-electron chi connectivity index (χ3n) is 1.39. The van der Waals surface area contributed by atoms with Gasteiger partial charge in [0.05, 0.1) is 6.26 Å². The summed E-state index contributed by atoms with van der Waals surface area (Å²) in [6.07, 6.45) is 6.30. The topological polar surface area (TPSA) is 30.2 Å². The third-order valence-corrected chi connectivity index (χ3v) is 1.39. The Labute approximate surface area is 77.6 Å². The molecule has 0 spiro atoms. The Bertz CT molecular complexity index is 325. The van der Waals surface area contributed by atoms with Crippen molar-refractivity contribution in [1.82, 2.24) is 0 Å². The number of carbonyl (C=O) groups is 1. The minimum Gasteiger partial charge on any atom is -0.465 e. The van der Waals surface area contributed by atoms with Crippen LogP contribution in [0.5, 0.6) is 0 Å². The second-order valence-corrected chi connectivity index (χ2v) is 2.97. The second kappa shape index (κ2) is 4.45. The Morgan fingerprint density at radius 1 is 1.46 bits per heavy atom. The molecule has 1 heterocycles. The first kappa shape index (κ1) is 9.52. The predicted molar refractivity (Wildman–Crippen MR) is 52.2 cm³/mol. The van der Waals surface area contributed by atoms with E-state index in [0.717, 1.165) is 5.57 Å². The molecule has 13 heavy (non-hydrogen) atoms. The molecule has 0 aliphatic heterocycles. The average Bonchev–Trinajstić information content (AvgIpc) is 2.51. The summed E-state index contributed by atoms with van der Waals surface area (Å²) in [5.41, 5.74) is 0.995. The van der Waals surface area contributed by atoms with Crippen molar-refractivity contribution < 1.29 is 9.21 Å². The Morgan fingerprint density at radius 3 is 2.77 bits per heavy atom. The minimum absolute atomic E-state index is 0.0172. The van der Waals surface area contributed by atoms with Crippen LogP contribution in [0.2, 0.25) is 0 Å². The van der Waals surface area contributed by atoms with Gasteiger partial charge in [-0.3, -0.25) is 4.79 Å². The first-order chi connectivity index (χ1) is 6.18. The fourth-order valence-electron chi connectivity index (χ4n) is 0.883. The van der Waals surface area contributed by atoms with Crippen molar-refractivity contribution in [3.05, 3.63) is 41.9 Å². The van der Waals surface area contributed by atoms with Crippen LogP contribution in [0.1, 0.15) is 19.6 Å². The van der Waals surface area contributed by atoms with E-state index in [0.29, 0.717) is 5.76 Å². The molecule has 1 aromatic heterocycles. The van der Waals surface area contributed by atoms with Gasteiger partial charge in [-0.05, 0) is 44.2 Å². The van der Waals surface area contributed by atoms with Crippen LogP contribution in [0, 0.1) is 0 Å². The molecule has 0 N–H and O–H groups in total. The fourth-order valence-corrected chi connectivity index (χ4v) is 0.883. The van der Waals surface area contributed by atoms with Crippen molar-refractivity contribution in [3.8, 4) is 0 Å². The first-order valence-corrected chi connectivity index (χ1v) is 4.09. The van der Waals surface area contributed by atoms with Gasteiger partial charge in [0.15, 0.2) is 5.78 Å². The van der Waals surface area contributed by atoms with Gasteiger partial charge in [-0.15, -0.1) is 0 Å². The van der Waals surface area contributed by atoms with E-state index in [1.54, 1.807) is 30.5 Å². The standard InChI is InChI=1S/C11H12O2/c1-9(2)8-10(12)5-6-11-4-3-7-13-11/h3-8H,1-2H3. The summed E-state index contributed by atoms with van der Waals surface area (Å²) in [6, 6.07) is 3.58. The zero-order valence-electron chi connectivity index (χ0n) is 7.78. The van der Waals surface area contributed by atoms with E-state index in [1.165, 1.54) is 6.08 Å². The molecule has 0 radical (unpaired) electrons. The van der Waals surface area contributed by atoms with Crippen LogP contribution in [0.4, 0.5) is 0 Å². The van der Waals surface area contributed by atoms with E-state index in [9.17, 15) is 4.79 Å². The molecule has 0 amide bonds. The van der Waals surface area contributed by atoms with Crippen LogP contribution < -0.4 is 0 Å². The summed E-state index contributed by atoms with van der Waals surface area (Å²) in [5, 5.41) is 0. The highest BCUT2D eigenvalue weighted by atomic mass is 16.3. The lowest BCUT2D eigenvalue weighted by Crippen LogP contribution is -1.85. The van der Waals surface area contributed by atoms with Crippen LogP contribution in [0.15, 0.2) is 40.5 Å². The lowest BCUT2D eigenvalue weighted by Gasteiger charge is -1.86. The molecule has 0 aromatic carbocycles. The number of rotatable bonds is 3. The smallest absolute Gasteiger partial charge is 0.178 e. The van der Waals surface area contributed by atoms with Crippen LogP contribution in [-0.4, -0.2) is 5.78 Å². The van der Waals surface area contributed by atoms with Gasteiger partial charge in [-0.1, -0.05) is 5.57 Å². The van der Waals surface area contributed by atoms with E-state index in [2.05, 4.69) is 0 Å². The summed E-state index contributed by atoms with van der Waals surface area (Å²) in [7, 11) is 0. The molecule has 0 aliphatic carbocycles. The average molecular weight is 176 g/mol. The third kappa shape index (κ3) is 3.56. The maximum Gasteiger partial charge on any atom is 0.178 e. The van der Waals surface area contributed by atoms with Crippen molar-refractivity contribution in [2.24, 2.45) is 0 Å². The molecule has 0 saturated heterocycles. The number of allylic oxidation sites excluding steroid dienone is 3. The highest BCUT2D eigenvalue weighted by molar-refractivity contribution is 6.02. The molecule has 1 rings (SSSR count). The zero-order chi connectivity index (χ0) is 9.68. The van der Waals surface area contributed by atoms with Gasteiger partial charge in [0, 0.05) is 0 Å². The Hall–Kier alpha value is -1.57. The fraction of sp³-hybridized carbons (Fsp3) is 0.182. The molecular formula is C11H12O2. The SMILES string of the molecule is CC(C)=CC(=O)C=Cc1ccco1. The van der Waals surface area contributed by atoms with Gasteiger partial charge in [0.1, 0.15) is 5.76 Å². The van der Waals surface area contributed by atoms with Gasteiger partial charge in [0.25, 0.3) is 0 Å². The van der Waals surface area contributed by atoms with Gasteiger partial charge < -0.3 is 4.42 Å². The molecule has 1 aromatic rings. The summed E-state index contributed by atoms with van der Waals surface area (Å²) in [6.45, 7) is 3.78. The van der Waals surface area contributed by atoms with Crippen LogP contribution in [0.3, 0.4) is 0 Å². The number of ketones is 1. The molecule has 0 aliphatic rings. The lowest BCUT2D eigenvalue weighted by atomic mass is 10.2. The van der Waals surface area contributed by atoms with E-state index in [-0.39, 0.29) is 5.78 Å². The molecular weight excluding hydrogens is 164 g/mol. The maximum atomic E-state index is 11.1. The van der Waals surface area contributed by atoms with E-state index >= 15 is 0 Å². The van der Waals surface area contributed by atoms with Crippen molar-refractivity contribution >= 4 is 11.9 Å². The molecule has 2 nitrogen and oxygen atoms in total. The quantitative estimate of drug-likeness (QED) is 0.663. The summed E-state index contributed by atoms with van der Waals surface area (Å²) >= 11 is 0. The molecule has 0 unspecified atom stereocenters. The highest BCUT2D eigenvalue weighted by Crippen LogP contribution is 2.02. The minimum atomic E-state index is -0.0172.